The number of aromatic carboxylic acids is 1. The Morgan fingerprint density at radius 3 is 2.88 bits per heavy atom. The van der Waals surface area contributed by atoms with Gasteiger partial charge in [-0.1, -0.05) is 18.2 Å². The molecule has 0 spiro atoms. The van der Waals surface area contributed by atoms with Gasteiger partial charge in [-0.2, -0.15) is 0 Å². The molecule has 26 heavy (non-hydrogen) atoms. The van der Waals surface area contributed by atoms with Gasteiger partial charge in [0.05, 0.1) is 11.6 Å². The Morgan fingerprint density at radius 2 is 2.12 bits per heavy atom. The van der Waals surface area contributed by atoms with E-state index in [0.29, 0.717) is 12.6 Å². The fraction of sp³-hybridized carbons (Fsp3) is 0.263. The predicted octanol–water partition coefficient (Wildman–Crippen LogP) is 3.29. The SMILES string of the molecule is Cc1ccc(NCc2cccc(C(=O)O)c2)cc1-c1nnnn1C1CC1. The summed E-state index contributed by atoms with van der Waals surface area (Å²) in [5.74, 6) is -0.127. The van der Waals surface area contributed by atoms with Crippen LogP contribution in [0.5, 0.6) is 0 Å². The van der Waals surface area contributed by atoms with Gasteiger partial charge in [0.1, 0.15) is 0 Å². The Hall–Kier alpha value is -3.22. The molecule has 0 atom stereocenters. The lowest BCUT2D eigenvalue weighted by atomic mass is 10.1. The Bertz CT molecular complexity index is 962. The summed E-state index contributed by atoms with van der Waals surface area (Å²) in [7, 11) is 0. The Kier molecular flexibility index (Phi) is 4.12. The zero-order valence-corrected chi connectivity index (χ0v) is 14.4. The summed E-state index contributed by atoms with van der Waals surface area (Å²) in [5, 5.41) is 24.6. The van der Waals surface area contributed by atoms with E-state index in [-0.39, 0.29) is 5.56 Å². The number of rotatable bonds is 6. The van der Waals surface area contributed by atoms with Crippen molar-refractivity contribution in [2.24, 2.45) is 0 Å². The number of carboxylic acid groups (broad SMARTS) is 1. The van der Waals surface area contributed by atoms with Gasteiger partial charge in [0.2, 0.25) is 0 Å². The van der Waals surface area contributed by atoms with Crippen LogP contribution in [-0.4, -0.2) is 31.3 Å². The van der Waals surface area contributed by atoms with E-state index in [4.69, 9.17) is 5.11 Å². The first-order valence-electron chi connectivity index (χ1n) is 8.57. The monoisotopic (exact) mass is 349 g/mol. The average Bonchev–Trinajstić information content (AvgIpc) is 3.38. The van der Waals surface area contributed by atoms with Gasteiger partial charge in [-0.15, -0.1) is 5.10 Å². The van der Waals surface area contributed by atoms with Crippen molar-refractivity contribution in [1.82, 2.24) is 20.2 Å². The molecule has 3 aromatic rings. The zero-order valence-electron chi connectivity index (χ0n) is 14.4. The van der Waals surface area contributed by atoms with E-state index in [2.05, 4.69) is 20.8 Å². The van der Waals surface area contributed by atoms with Crippen molar-refractivity contribution >= 4 is 11.7 Å². The summed E-state index contributed by atoms with van der Waals surface area (Å²) in [4.78, 5) is 11.1. The Labute approximate surface area is 150 Å². The number of benzene rings is 2. The topological polar surface area (TPSA) is 92.9 Å². The summed E-state index contributed by atoms with van der Waals surface area (Å²) < 4.78 is 1.91. The number of aryl methyl sites for hydroxylation is 1. The molecule has 1 aliphatic carbocycles. The molecule has 7 heteroatoms. The van der Waals surface area contributed by atoms with Gasteiger partial charge in [0, 0.05) is 17.8 Å². The fourth-order valence-corrected chi connectivity index (χ4v) is 2.93. The first-order chi connectivity index (χ1) is 12.6. The van der Waals surface area contributed by atoms with Crippen molar-refractivity contribution in [3.63, 3.8) is 0 Å². The molecule has 132 valence electrons. The molecular formula is C19H19N5O2. The number of hydrogen-bond donors (Lipinski definition) is 2. The molecule has 1 aromatic heterocycles. The van der Waals surface area contributed by atoms with Gasteiger partial charge < -0.3 is 10.4 Å². The van der Waals surface area contributed by atoms with Gasteiger partial charge >= 0.3 is 5.97 Å². The first-order valence-corrected chi connectivity index (χ1v) is 8.57. The highest BCUT2D eigenvalue weighted by Crippen LogP contribution is 2.37. The highest BCUT2D eigenvalue weighted by molar-refractivity contribution is 5.87. The predicted molar refractivity (Wildman–Crippen MR) is 97.0 cm³/mol. The fourth-order valence-electron chi connectivity index (χ4n) is 2.93. The van der Waals surface area contributed by atoms with E-state index in [1.165, 1.54) is 0 Å². The molecule has 0 aliphatic heterocycles. The number of aromatic nitrogens is 4. The van der Waals surface area contributed by atoms with Crippen molar-refractivity contribution in [3.05, 3.63) is 59.2 Å². The lowest BCUT2D eigenvalue weighted by Crippen LogP contribution is -2.04. The first kappa shape index (κ1) is 16.3. The van der Waals surface area contributed by atoms with Gasteiger partial charge in [-0.25, -0.2) is 9.48 Å². The van der Waals surface area contributed by atoms with Crippen molar-refractivity contribution in [3.8, 4) is 11.4 Å². The number of hydrogen-bond acceptors (Lipinski definition) is 5. The summed E-state index contributed by atoms with van der Waals surface area (Å²) in [6.45, 7) is 2.58. The highest BCUT2D eigenvalue weighted by Gasteiger charge is 2.28. The van der Waals surface area contributed by atoms with Gasteiger partial charge in [0.25, 0.3) is 0 Å². The Balaban J connectivity index is 1.55. The third-order valence-corrected chi connectivity index (χ3v) is 4.53. The number of carboxylic acids is 1. The number of nitrogens with zero attached hydrogens (tertiary/aromatic N) is 4. The maximum Gasteiger partial charge on any atom is 0.335 e. The highest BCUT2D eigenvalue weighted by atomic mass is 16.4. The third kappa shape index (κ3) is 3.28. The van der Waals surface area contributed by atoms with Crippen molar-refractivity contribution < 1.29 is 9.90 Å². The largest absolute Gasteiger partial charge is 0.478 e. The molecule has 7 nitrogen and oxygen atoms in total. The molecule has 0 unspecified atom stereocenters. The van der Waals surface area contributed by atoms with Crippen LogP contribution in [0, 0.1) is 6.92 Å². The van der Waals surface area contributed by atoms with Crippen LogP contribution in [0.3, 0.4) is 0 Å². The lowest BCUT2D eigenvalue weighted by molar-refractivity contribution is 0.0696. The lowest BCUT2D eigenvalue weighted by Gasteiger charge is -2.11. The van der Waals surface area contributed by atoms with Crippen molar-refractivity contribution in [1.29, 1.82) is 0 Å². The quantitative estimate of drug-likeness (QED) is 0.709. The van der Waals surface area contributed by atoms with E-state index in [9.17, 15) is 4.79 Å². The number of anilines is 1. The van der Waals surface area contributed by atoms with Crippen molar-refractivity contribution in [2.45, 2.75) is 32.4 Å². The van der Waals surface area contributed by atoms with Crippen LogP contribution in [0.25, 0.3) is 11.4 Å². The molecule has 0 saturated heterocycles. The summed E-state index contributed by atoms with van der Waals surface area (Å²) in [5.41, 5.74) is 4.26. The minimum Gasteiger partial charge on any atom is -0.478 e. The van der Waals surface area contributed by atoms with Gasteiger partial charge in [0.15, 0.2) is 5.82 Å². The minimum atomic E-state index is -0.920. The Morgan fingerprint density at radius 1 is 1.27 bits per heavy atom. The minimum absolute atomic E-state index is 0.289. The maximum absolute atomic E-state index is 11.1. The molecule has 0 amide bonds. The van der Waals surface area contributed by atoms with Crippen LogP contribution in [0.4, 0.5) is 5.69 Å². The second-order valence-electron chi connectivity index (χ2n) is 6.57. The van der Waals surface area contributed by atoms with E-state index < -0.39 is 5.97 Å². The average molecular weight is 349 g/mol. The van der Waals surface area contributed by atoms with E-state index in [1.54, 1.807) is 18.2 Å². The van der Waals surface area contributed by atoms with Crippen LogP contribution < -0.4 is 5.32 Å². The molecule has 1 heterocycles. The van der Waals surface area contributed by atoms with Crippen LogP contribution >= 0.6 is 0 Å². The summed E-state index contributed by atoms with van der Waals surface area (Å²) in [6.07, 6.45) is 2.24. The van der Waals surface area contributed by atoms with E-state index in [0.717, 1.165) is 41.0 Å². The number of tetrazole rings is 1. The molecule has 0 bridgehead atoms. The zero-order chi connectivity index (χ0) is 18.1. The van der Waals surface area contributed by atoms with Crippen LogP contribution in [0.15, 0.2) is 42.5 Å². The van der Waals surface area contributed by atoms with E-state index in [1.807, 2.05) is 35.9 Å². The molecular weight excluding hydrogens is 330 g/mol. The van der Waals surface area contributed by atoms with Gasteiger partial charge in [-0.05, 0) is 65.6 Å². The normalized spacial score (nSPS) is 13.6. The molecule has 2 aromatic carbocycles. The molecule has 4 rings (SSSR count). The molecule has 1 aliphatic rings. The second-order valence-corrected chi connectivity index (χ2v) is 6.57. The van der Waals surface area contributed by atoms with Crippen LogP contribution in [0.1, 0.15) is 40.4 Å². The summed E-state index contributed by atoms with van der Waals surface area (Å²) >= 11 is 0. The second kappa shape index (κ2) is 6.59. The number of carbonyl (C=O) groups is 1. The third-order valence-electron chi connectivity index (χ3n) is 4.53. The smallest absolute Gasteiger partial charge is 0.335 e. The van der Waals surface area contributed by atoms with Crippen molar-refractivity contribution in [2.75, 3.05) is 5.32 Å². The molecule has 0 radical (unpaired) electrons. The summed E-state index contributed by atoms with van der Waals surface area (Å²) in [6, 6.07) is 13.4. The standard InChI is InChI=1S/C19H19N5O2/c1-12-5-6-15(20-11-13-3-2-4-14(9-13)19(25)26)10-17(12)18-21-22-23-24(18)16-7-8-16/h2-6,9-10,16,20H,7-8,11H2,1H3,(H,25,26). The van der Waals surface area contributed by atoms with E-state index >= 15 is 0 Å². The maximum atomic E-state index is 11.1. The molecule has 2 N–H and O–H groups in total. The molecule has 1 saturated carbocycles. The van der Waals surface area contributed by atoms with Gasteiger partial charge in [-0.3, -0.25) is 0 Å². The van der Waals surface area contributed by atoms with Crippen LogP contribution in [-0.2, 0) is 6.54 Å². The number of nitrogens with one attached hydrogen (secondary N) is 1. The van der Waals surface area contributed by atoms with Crippen LogP contribution in [0.2, 0.25) is 0 Å². The molecule has 1 fully saturated rings.